The summed E-state index contributed by atoms with van der Waals surface area (Å²) in [7, 11) is 1.74. The predicted octanol–water partition coefficient (Wildman–Crippen LogP) is 2.95. The van der Waals surface area contributed by atoms with Gasteiger partial charge in [-0.2, -0.15) is 0 Å². The molecule has 0 radical (unpaired) electrons. The molecule has 33 heavy (non-hydrogen) atoms. The maximum Gasteiger partial charge on any atom is 0.250 e. The Kier molecular flexibility index (Phi) is 5.70. The smallest absolute Gasteiger partial charge is 0.250 e. The monoisotopic (exact) mass is 444 g/mol. The summed E-state index contributed by atoms with van der Waals surface area (Å²) in [6.45, 7) is 7.61. The van der Waals surface area contributed by atoms with E-state index in [1.54, 1.807) is 19.4 Å². The molecule has 1 saturated heterocycles. The van der Waals surface area contributed by atoms with Gasteiger partial charge in [-0.3, -0.25) is 14.7 Å². The molecule has 8 nitrogen and oxygen atoms in total. The summed E-state index contributed by atoms with van der Waals surface area (Å²) in [6, 6.07) is 12.0. The Morgan fingerprint density at radius 1 is 1.15 bits per heavy atom. The highest BCUT2D eigenvalue weighted by atomic mass is 16.5. The van der Waals surface area contributed by atoms with Crippen LogP contribution in [0.5, 0.6) is 0 Å². The Morgan fingerprint density at radius 3 is 2.67 bits per heavy atom. The zero-order valence-corrected chi connectivity index (χ0v) is 19.0. The van der Waals surface area contributed by atoms with E-state index in [4.69, 9.17) is 15.5 Å². The number of carbonyl (C=O) groups is 1. The number of ether oxygens (including phenoxy) is 1. The van der Waals surface area contributed by atoms with Gasteiger partial charge in [-0.1, -0.05) is 0 Å². The van der Waals surface area contributed by atoms with E-state index in [1.165, 1.54) is 0 Å². The normalized spacial score (nSPS) is 14.9. The molecule has 0 bridgehead atoms. The number of nitrogens with one attached hydrogen (secondary N) is 1. The summed E-state index contributed by atoms with van der Waals surface area (Å²) in [6.07, 6.45) is 1.77. The van der Waals surface area contributed by atoms with E-state index in [0.29, 0.717) is 16.8 Å². The summed E-state index contributed by atoms with van der Waals surface area (Å²) >= 11 is 0. The third-order valence-electron chi connectivity index (χ3n) is 6.36. The Labute approximate surface area is 192 Å². The van der Waals surface area contributed by atoms with Crippen LogP contribution in [0.1, 0.15) is 16.1 Å². The van der Waals surface area contributed by atoms with Crippen LogP contribution >= 0.6 is 0 Å². The molecule has 8 heteroatoms. The van der Waals surface area contributed by atoms with Crippen LogP contribution in [0.2, 0.25) is 0 Å². The van der Waals surface area contributed by atoms with Gasteiger partial charge in [-0.25, -0.2) is 4.98 Å². The number of nitrogens with two attached hydrogens (primary N) is 1. The molecule has 4 aromatic rings. The summed E-state index contributed by atoms with van der Waals surface area (Å²) in [5, 5.41) is 0.969. The number of anilines is 1. The lowest BCUT2D eigenvalue weighted by molar-refractivity contribution is 0.100. The van der Waals surface area contributed by atoms with Crippen molar-refractivity contribution in [2.45, 2.75) is 6.92 Å². The highest BCUT2D eigenvalue weighted by Gasteiger charge is 2.20. The van der Waals surface area contributed by atoms with Gasteiger partial charge in [0, 0.05) is 68.4 Å². The van der Waals surface area contributed by atoms with Crippen LogP contribution in [-0.2, 0) is 4.74 Å². The first-order valence-electron chi connectivity index (χ1n) is 11.2. The molecule has 5 rings (SSSR count). The number of H-pyrrole nitrogens is 1. The maximum absolute atomic E-state index is 12.3. The van der Waals surface area contributed by atoms with Crippen molar-refractivity contribution in [3.8, 4) is 11.3 Å². The number of rotatable bonds is 6. The number of aryl methyl sites for hydroxylation is 1. The van der Waals surface area contributed by atoms with Gasteiger partial charge in [0.15, 0.2) is 0 Å². The van der Waals surface area contributed by atoms with Crippen molar-refractivity contribution in [3.05, 3.63) is 53.9 Å². The van der Waals surface area contributed by atoms with Crippen molar-refractivity contribution < 1.29 is 9.53 Å². The fourth-order valence-corrected chi connectivity index (χ4v) is 4.45. The average molecular weight is 445 g/mol. The van der Waals surface area contributed by atoms with Gasteiger partial charge in [0.25, 0.3) is 5.91 Å². The Hall–Kier alpha value is -3.49. The molecule has 1 aliphatic heterocycles. The SMILES string of the molecule is COCCN1CCN(c2ccc3c(c2)[nH]c2c(C(N)=O)cc(-c4ccc(C)nc4)nc23)CC1. The standard InChI is InChI=1S/C25H28N6O2/c1-16-3-4-17(15-27-16)21-14-20(25(26)32)24-23(28-21)19-6-5-18(13-22(19)29-24)31-9-7-30(8-10-31)11-12-33-2/h3-6,13-15,29H,7-12H2,1-2H3,(H2,26,32). The molecule has 3 N–H and O–H groups in total. The second kappa shape index (κ2) is 8.80. The van der Waals surface area contributed by atoms with Gasteiger partial charge in [0.2, 0.25) is 0 Å². The number of benzene rings is 1. The summed E-state index contributed by atoms with van der Waals surface area (Å²) in [5.74, 6) is -0.484. The van der Waals surface area contributed by atoms with Gasteiger partial charge in [0.05, 0.1) is 34.4 Å². The van der Waals surface area contributed by atoms with Crippen LogP contribution in [0.4, 0.5) is 5.69 Å². The number of pyridine rings is 2. The fourth-order valence-electron chi connectivity index (χ4n) is 4.45. The van der Waals surface area contributed by atoms with E-state index in [2.05, 4.69) is 38.0 Å². The zero-order valence-electron chi connectivity index (χ0n) is 19.0. The average Bonchev–Trinajstić information content (AvgIpc) is 3.20. The maximum atomic E-state index is 12.3. The molecule has 170 valence electrons. The first-order valence-corrected chi connectivity index (χ1v) is 11.2. The van der Waals surface area contributed by atoms with E-state index in [0.717, 1.165) is 72.7 Å². The minimum atomic E-state index is -0.484. The number of hydrogen-bond donors (Lipinski definition) is 2. The number of fused-ring (bicyclic) bond motifs is 3. The van der Waals surface area contributed by atoms with E-state index in [9.17, 15) is 4.79 Å². The summed E-state index contributed by atoms with van der Waals surface area (Å²) < 4.78 is 5.20. The lowest BCUT2D eigenvalue weighted by Gasteiger charge is -2.36. The third kappa shape index (κ3) is 4.15. The molecule has 0 atom stereocenters. The van der Waals surface area contributed by atoms with Gasteiger partial charge >= 0.3 is 0 Å². The van der Waals surface area contributed by atoms with Crippen molar-refractivity contribution in [2.75, 3.05) is 51.3 Å². The largest absolute Gasteiger partial charge is 0.383 e. The molecule has 1 aliphatic rings. The van der Waals surface area contributed by atoms with Crippen molar-refractivity contribution in [1.29, 1.82) is 0 Å². The first kappa shape index (κ1) is 21.4. The highest BCUT2D eigenvalue weighted by molar-refractivity contribution is 6.14. The molecule has 1 aromatic carbocycles. The number of primary amides is 1. The van der Waals surface area contributed by atoms with Crippen LogP contribution in [0, 0.1) is 6.92 Å². The van der Waals surface area contributed by atoms with Gasteiger partial charge in [0.1, 0.15) is 0 Å². The molecule has 4 heterocycles. The van der Waals surface area contributed by atoms with Crippen LogP contribution in [0.15, 0.2) is 42.6 Å². The first-order chi connectivity index (χ1) is 16.0. The molecule has 0 unspecified atom stereocenters. The molecule has 0 saturated carbocycles. The van der Waals surface area contributed by atoms with Crippen molar-refractivity contribution in [2.24, 2.45) is 5.73 Å². The Balaban J connectivity index is 1.51. The lowest BCUT2D eigenvalue weighted by Crippen LogP contribution is -2.47. The molecule has 0 aliphatic carbocycles. The molecule has 0 spiro atoms. The van der Waals surface area contributed by atoms with Crippen LogP contribution in [0.25, 0.3) is 33.2 Å². The molecular formula is C25H28N6O2. The third-order valence-corrected chi connectivity index (χ3v) is 6.36. The number of methoxy groups -OCH3 is 1. The topological polar surface area (TPSA) is 100 Å². The zero-order chi connectivity index (χ0) is 22.9. The summed E-state index contributed by atoms with van der Waals surface area (Å²) in [4.78, 5) is 29.7. The number of carbonyl (C=O) groups excluding carboxylic acids is 1. The molecule has 1 fully saturated rings. The second-order valence-corrected chi connectivity index (χ2v) is 8.51. The summed E-state index contributed by atoms with van der Waals surface area (Å²) in [5.41, 5.74) is 12.1. The van der Waals surface area contributed by atoms with E-state index in [-0.39, 0.29) is 0 Å². The number of nitrogens with zero attached hydrogens (tertiary/aromatic N) is 4. The van der Waals surface area contributed by atoms with Crippen molar-refractivity contribution in [1.82, 2.24) is 19.9 Å². The molecule has 3 aromatic heterocycles. The van der Waals surface area contributed by atoms with E-state index < -0.39 is 5.91 Å². The Morgan fingerprint density at radius 2 is 1.97 bits per heavy atom. The minimum Gasteiger partial charge on any atom is -0.383 e. The van der Waals surface area contributed by atoms with Crippen molar-refractivity contribution >= 4 is 33.5 Å². The van der Waals surface area contributed by atoms with E-state index >= 15 is 0 Å². The number of aromatic amines is 1. The van der Waals surface area contributed by atoms with E-state index in [1.807, 2.05) is 19.1 Å². The van der Waals surface area contributed by atoms with Gasteiger partial charge < -0.3 is 20.4 Å². The highest BCUT2D eigenvalue weighted by Crippen LogP contribution is 2.32. The van der Waals surface area contributed by atoms with Crippen LogP contribution < -0.4 is 10.6 Å². The number of amides is 1. The fraction of sp³-hybridized carbons (Fsp3) is 0.320. The van der Waals surface area contributed by atoms with Gasteiger partial charge in [-0.15, -0.1) is 0 Å². The second-order valence-electron chi connectivity index (χ2n) is 8.51. The molecular weight excluding hydrogens is 416 g/mol. The number of piperazine rings is 1. The van der Waals surface area contributed by atoms with Gasteiger partial charge in [-0.05, 0) is 43.3 Å². The number of aromatic nitrogens is 3. The van der Waals surface area contributed by atoms with Crippen LogP contribution in [0.3, 0.4) is 0 Å². The number of hydrogen-bond acceptors (Lipinski definition) is 6. The van der Waals surface area contributed by atoms with Crippen LogP contribution in [-0.4, -0.2) is 72.2 Å². The predicted molar refractivity (Wildman–Crippen MR) is 131 cm³/mol. The lowest BCUT2D eigenvalue weighted by atomic mass is 10.1. The molecule has 1 amide bonds. The Bertz CT molecular complexity index is 1310. The quantitative estimate of drug-likeness (QED) is 0.474. The van der Waals surface area contributed by atoms with Crippen molar-refractivity contribution in [3.63, 3.8) is 0 Å². The minimum absolute atomic E-state index is 0.431.